The van der Waals surface area contributed by atoms with Crippen molar-refractivity contribution in [2.45, 2.75) is 23.8 Å². The molecule has 0 spiro atoms. The van der Waals surface area contributed by atoms with E-state index in [1.165, 1.54) is 24.3 Å². The summed E-state index contributed by atoms with van der Waals surface area (Å²) in [4.78, 5) is 24.5. The van der Waals surface area contributed by atoms with E-state index in [9.17, 15) is 18.0 Å². The number of hydrogen-bond acceptors (Lipinski definition) is 5. The van der Waals surface area contributed by atoms with E-state index in [2.05, 4.69) is 5.32 Å². The van der Waals surface area contributed by atoms with Gasteiger partial charge in [-0.15, -0.1) is 0 Å². The van der Waals surface area contributed by atoms with Gasteiger partial charge in [0.2, 0.25) is 10.0 Å². The van der Waals surface area contributed by atoms with Gasteiger partial charge in [0, 0.05) is 11.6 Å². The lowest BCUT2D eigenvalue weighted by atomic mass is 10.2. The van der Waals surface area contributed by atoms with Gasteiger partial charge in [-0.25, -0.2) is 8.42 Å². The zero-order valence-electron chi connectivity index (χ0n) is 15.2. The van der Waals surface area contributed by atoms with Gasteiger partial charge in [-0.3, -0.25) is 9.59 Å². The number of nitrogens with zero attached hydrogens (tertiary/aromatic N) is 1. The fourth-order valence-corrected chi connectivity index (χ4v) is 4.94. The summed E-state index contributed by atoms with van der Waals surface area (Å²) in [6.45, 7) is -0.355. The summed E-state index contributed by atoms with van der Waals surface area (Å²) in [5.41, 5.74) is 0.392. The molecule has 10 heteroatoms. The van der Waals surface area contributed by atoms with Crippen LogP contribution in [0.2, 0.25) is 10.0 Å². The summed E-state index contributed by atoms with van der Waals surface area (Å²) in [6.07, 6.45) is 0.830. The van der Waals surface area contributed by atoms with Crippen molar-refractivity contribution in [3.05, 3.63) is 58.6 Å². The smallest absolute Gasteiger partial charge is 0.324 e. The SMILES string of the molecule is O=C(COC(=O)C1CCCN1S(=O)(=O)c1ccc(Cl)cc1)Nc1ccccc1Cl. The summed E-state index contributed by atoms with van der Waals surface area (Å²) >= 11 is 11.8. The molecule has 1 amide bonds. The van der Waals surface area contributed by atoms with Gasteiger partial charge in [-0.1, -0.05) is 35.3 Å². The van der Waals surface area contributed by atoms with Crippen molar-refractivity contribution in [1.82, 2.24) is 4.31 Å². The minimum absolute atomic E-state index is 0.0399. The number of benzene rings is 2. The van der Waals surface area contributed by atoms with E-state index < -0.39 is 34.5 Å². The average molecular weight is 457 g/mol. The highest BCUT2D eigenvalue weighted by Crippen LogP contribution is 2.27. The second-order valence-corrected chi connectivity index (χ2v) is 9.10. The molecule has 7 nitrogen and oxygen atoms in total. The molecule has 1 unspecified atom stereocenters. The molecular weight excluding hydrogens is 439 g/mol. The molecular formula is C19H18Cl2N2O5S. The fraction of sp³-hybridized carbons (Fsp3) is 0.263. The molecule has 0 saturated carbocycles. The van der Waals surface area contributed by atoms with Gasteiger partial charge < -0.3 is 10.1 Å². The molecule has 1 aliphatic heterocycles. The topological polar surface area (TPSA) is 92.8 Å². The average Bonchev–Trinajstić information content (AvgIpc) is 3.19. The molecule has 2 aromatic carbocycles. The first-order valence-corrected chi connectivity index (χ1v) is 11.0. The normalized spacial score (nSPS) is 17.1. The maximum atomic E-state index is 12.9. The lowest BCUT2D eigenvalue weighted by molar-refractivity contribution is -0.150. The summed E-state index contributed by atoms with van der Waals surface area (Å²) in [7, 11) is -3.89. The highest BCUT2D eigenvalue weighted by molar-refractivity contribution is 7.89. The molecule has 0 radical (unpaired) electrons. The zero-order chi connectivity index (χ0) is 21.0. The van der Waals surface area contributed by atoms with E-state index in [-0.39, 0.29) is 11.4 Å². The van der Waals surface area contributed by atoms with Crippen LogP contribution in [-0.4, -0.2) is 43.8 Å². The van der Waals surface area contributed by atoms with E-state index >= 15 is 0 Å². The number of sulfonamides is 1. The van der Waals surface area contributed by atoms with Gasteiger partial charge in [-0.2, -0.15) is 4.31 Å². The van der Waals surface area contributed by atoms with Crippen LogP contribution in [0.25, 0.3) is 0 Å². The predicted octanol–water partition coefficient (Wildman–Crippen LogP) is 3.33. The van der Waals surface area contributed by atoms with Crippen LogP contribution in [0.4, 0.5) is 5.69 Å². The molecule has 1 atom stereocenters. The van der Waals surface area contributed by atoms with Crippen LogP contribution in [0.3, 0.4) is 0 Å². The lowest BCUT2D eigenvalue weighted by Crippen LogP contribution is -2.42. The highest BCUT2D eigenvalue weighted by atomic mass is 35.5. The molecule has 1 aliphatic rings. The molecule has 1 saturated heterocycles. The lowest BCUT2D eigenvalue weighted by Gasteiger charge is -2.22. The van der Waals surface area contributed by atoms with Crippen molar-refractivity contribution in [2.75, 3.05) is 18.5 Å². The minimum Gasteiger partial charge on any atom is -0.454 e. The number of carbonyl (C=O) groups excluding carboxylic acids is 2. The second-order valence-electron chi connectivity index (χ2n) is 6.36. The Balaban J connectivity index is 1.63. The van der Waals surface area contributed by atoms with Crippen LogP contribution in [0.15, 0.2) is 53.4 Å². The first-order valence-electron chi connectivity index (χ1n) is 8.77. The van der Waals surface area contributed by atoms with Crippen LogP contribution >= 0.6 is 23.2 Å². The van der Waals surface area contributed by atoms with E-state index in [4.69, 9.17) is 27.9 Å². The summed E-state index contributed by atoms with van der Waals surface area (Å²) in [5.74, 6) is -1.34. The highest BCUT2D eigenvalue weighted by Gasteiger charge is 2.40. The number of anilines is 1. The van der Waals surface area contributed by atoms with Gasteiger partial charge in [0.25, 0.3) is 5.91 Å². The molecule has 29 heavy (non-hydrogen) atoms. The molecule has 0 bridgehead atoms. The number of halogens is 2. The first kappa shape index (κ1) is 21.6. The van der Waals surface area contributed by atoms with E-state index in [0.29, 0.717) is 28.6 Å². The minimum atomic E-state index is -3.89. The van der Waals surface area contributed by atoms with Crippen molar-refractivity contribution in [1.29, 1.82) is 0 Å². The Hall–Kier alpha value is -2.13. The molecule has 0 aliphatic carbocycles. The number of nitrogens with one attached hydrogen (secondary N) is 1. The van der Waals surface area contributed by atoms with Crippen molar-refractivity contribution in [3.8, 4) is 0 Å². The van der Waals surface area contributed by atoms with Crippen molar-refractivity contribution < 1.29 is 22.7 Å². The second kappa shape index (κ2) is 9.13. The molecule has 2 aromatic rings. The molecule has 0 aromatic heterocycles. The maximum Gasteiger partial charge on any atom is 0.324 e. The van der Waals surface area contributed by atoms with E-state index in [1.807, 2.05) is 0 Å². The number of rotatable bonds is 6. The Bertz CT molecular complexity index is 1010. The summed E-state index contributed by atoms with van der Waals surface area (Å²) in [6, 6.07) is 11.4. The molecule has 3 rings (SSSR count). The fourth-order valence-electron chi connectivity index (χ4n) is 2.99. The predicted molar refractivity (Wildman–Crippen MR) is 109 cm³/mol. The van der Waals surface area contributed by atoms with Gasteiger partial charge in [0.15, 0.2) is 6.61 Å². The van der Waals surface area contributed by atoms with Crippen molar-refractivity contribution in [2.24, 2.45) is 0 Å². The Morgan fingerprint density at radius 1 is 1.10 bits per heavy atom. The monoisotopic (exact) mass is 456 g/mol. The number of carbonyl (C=O) groups is 2. The first-order chi connectivity index (χ1) is 13.8. The van der Waals surface area contributed by atoms with Crippen LogP contribution in [0.5, 0.6) is 0 Å². The third-order valence-electron chi connectivity index (χ3n) is 4.39. The number of ether oxygens (including phenoxy) is 1. The zero-order valence-corrected chi connectivity index (χ0v) is 17.5. The molecule has 154 valence electrons. The van der Waals surface area contributed by atoms with Gasteiger partial charge in [0.1, 0.15) is 6.04 Å². The van der Waals surface area contributed by atoms with Crippen LogP contribution in [0.1, 0.15) is 12.8 Å². The third kappa shape index (κ3) is 5.08. The Kier molecular flexibility index (Phi) is 6.79. The number of esters is 1. The maximum absolute atomic E-state index is 12.9. The van der Waals surface area contributed by atoms with Gasteiger partial charge in [-0.05, 0) is 49.2 Å². The molecule has 1 heterocycles. The Morgan fingerprint density at radius 3 is 2.48 bits per heavy atom. The summed E-state index contributed by atoms with van der Waals surface area (Å²) < 4.78 is 31.9. The Morgan fingerprint density at radius 2 is 1.79 bits per heavy atom. The standard InChI is InChI=1S/C19H18Cl2N2O5S/c20-13-7-9-14(10-8-13)29(26,27)23-11-3-6-17(23)19(25)28-12-18(24)22-16-5-2-1-4-15(16)21/h1-2,4-5,7-10,17H,3,6,11-12H2,(H,22,24). The quantitative estimate of drug-likeness (QED) is 0.672. The van der Waals surface area contributed by atoms with E-state index in [0.717, 1.165) is 4.31 Å². The van der Waals surface area contributed by atoms with Crippen LogP contribution in [-0.2, 0) is 24.3 Å². The molecule has 1 fully saturated rings. The van der Waals surface area contributed by atoms with Crippen LogP contribution in [0, 0.1) is 0 Å². The van der Waals surface area contributed by atoms with Gasteiger partial charge in [0.05, 0.1) is 15.6 Å². The number of amides is 1. The van der Waals surface area contributed by atoms with Crippen LogP contribution < -0.4 is 5.32 Å². The third-order valence-corrected chi connectivity index (χ3v) is 6.89. The molecule has 1 N–H and O–H groups in total. The number of hydrogen-bond donors (Lipinski definition) is 1. The van der Waals surface area contributed by atoms with Crippen molar-refractivity contribution >= 4 is 50.8 Å². The number of para-hydroxylation sites is 1. The largest absolute Gasteiger partial charge is 0.454 e. The van der Waals surface area contributed by atoms with Gasteiger partial charge >= 0.3 is 5.97 Å². The van der Waals surface area contributed by atoms with E-state index in [1.54, 1.807) is 24.3 Å². The van der Waals surface area contributed by atoms with Crippen molar-refractivity contribution in [3.63, 3.8) is 0 Å². The Labute approximate surface area is 178 Å². The summed E-state index contributed by atoms with van der Waals surface area (Å²) in [5, 5.41) is 3.29.